The summed E-state index contributed by atoms with van der Waals surface area (Å²) < 4.78 is 12.8. The van der Waals surface area contributed by atoms with Gasteiger partial charge in [0.2, 0.25) is 11.8 Å². The van der Waals surface area contributed by atoms with Gasteiger partial charge in [0, 0.05) is 18.5 Å². The molecular formula is C17H15Cl2FN2O2. The van der Waals surface area contributed by atoms with Crippen LogP contribution in [-0.4, -0.2) is 18.4 Å². The fourth-order valence-corrected chi connectivity index (χ4v) is 2.45. The molecule has 1 N–H and O–H groups in total. The van der Waals surface area contributed by atoms with Crippen LogP contribution in [0.1, 0.15) is 12.5 Å². The Hall–Kier alpha value is -2.11. The van der Waals surface area contributed by atoms with E-state index in [-0.39, 0.29) is 30.7 Å². The fourth-order valence-electron chi connectivity index (χ4n) is 2.06. The summed E-state index contributed by atoms with van der Waals surface area (Å²) in [5.41, 5.74) is 1.12. The molecule has 0 spiro atoms. The van der Waals surface area contributed by atoms with Gasteiger partial charge in [0.05, 0.1) is 10.7 Å². The van der Waals surface area contributed by atoms with Crippen molar-refractivity contribution >= 4 is 40.7 Å². The minimum atomic E-state index is -0.370. The topological polar surface area (TPSA) is 49.4 Å². The molecule has 0 radical (unpaired) electrons. The summed E-state index contributed by atoms with van der Waals surface area (Å²) in [5, 5.41) is 3.41. The lowest BCUT2D eigenvalue weighted by atomic mass is 10.2. The lowest BCUT2D eigenvalue weighted by Gasteiger charge is -2.22. The van der Waals surface area contributed by atoms with Gasteiger partial charge in [0.25, 0.3) is 0 Å². The van der Waals surface area contributed by atoms with E-state index in [1.807, 2.05) is 0 Å². The Morgan fingerprint density at radius 3 is 2.42 bits per heavy atom. The molecule has 0 aliphatic rings. The van der Waals surface area contributed by atoms with Gasteiger partial charge in [0.1, 0.15) is 12.4 Å². The molecule has 2 amide bonds. The SMILES string of the molecule is CC(=O)N(CC(=O)NCc1ccc(F)cc1)c1cc(Cl)ccc1Cl. The van der Waals surface area contributed by atoms with Gasteiger partial charge in [-0.05, 0) is 35.9 Å². The van der Waals surface area contributed by atoms with Crippen LogP contribution in [0.5, 0.6) is 0 Å². The molecule has 0 aromatic heterocycles. The Labute approximate surface area is 149 Å². The first-order valence-corrected chi connectivity index (χ1v) is 7.86. The lowest BCUT2D eigenvalue weighted by Crippen LogP contribution is -2.39. The van der Waals surface area contributed by atoms with E-state index in [4.69, 9.17) is 23.2 Å². The van der Waals surface area contributed by atoms with Gasteiger partial charge in [0.15, 0.2) is 0 Å². The Morgan fingerprint density at radius 1 is 1.12 bits per heavy atom. The van der Waals surface area contributed by atoms with Crippen LogP contribution in [0.2, 0.25) is 10.0 Å². The molecular weight excluding hydrogens is 354 g/mol. The molecule has 0 saturated heterocycles. The van der Waals surface area contributed by atoms with Crippen LogP contribution < -0.4 is 10.2 Å². The van der Waals surface area contributed by atoms with Gasteiger partial charge >= 0.3 is 0 Å². The maximum Gasteiger partial charge on any atom is 0.240 e. The maximum atomic E-state index is 12.8. The number of rotatable bonds is 5. The van der Waals surface area contributed by atoms with Crippen LogP contribution in [0.4, 0.5) is 10.1 Å². The second kappa shape index (κ2) is 8.13. The number of benzene rings is 2. The highest BCUT2D eigenvalue weighted by Gasteiger charge is 2.18. The fraction of sp³-hybridized carbons (Fsp3) is 0.176. The highest BCUT2D eigenvalue weighted by Crippen LogP contribution is 2.29. The summed E-state index contributed by atoms with van der Waals surface area (Å²) in [6.07, 6.45) is 0. The van der Waals surface area contributed by atoms with E-state index in [0.717, 1.165) is 5.56 Å². The molecule has 0 fully saturated rings. The van der Waals surface area contributed by atoms with Crippen LogP contribution >= 0.6 is 23.2 Å². The van der Waals surface area contributed by atoms with E-state index in [1.54, 1.807) is 24.3 Å². The normalized spacial score (nSPS) is 10.3. The predicted molar refractivity (Wildman–Crippen MR) is 92.7 cm³/mol. The number of amides is 2. The average Bonchev–Trinajstić information content (AvgIpc) is 2.54. The van der Waals surface area contributed by atoms with Crippen molar-refractivity contribution in [3.05, 3.63) is 63.9 Å². The van der Waals surface area contributed by atoms with E-state index >= 15 is 0 Å². The number of nitrogens with zero attached hydrogens (tertiary/aromatic N) is 1. The van der Waals surface area contributed by atoms with Crippen LogP contribution in [0, 0.1) is 5.82 Å². The monoisotopic (exact) mass is 368 g/mol. The van der Waals surface area contributed by atoms with E-state index in [0.29, 0.717) is 15.7 Å². The van der Waals surface area contributed by atoms with Crippen molar-refractivity contribution in [2.45, 2.75) is 13.5 Å². The summed E-state index contributed by atoms with van der Waals surface area (Å²) >= 11 is 12.0. The molecule has 7 heteroatoms. The third-order valence-corrected chi connectivity index (χ3v) is 3.84. The van der Waals surface area contributed by atoms with Crippen molar-refractivity contribution in [1.82, 2.24) is 5.32 Å². The largest absolute Gasteiger partial charge is 0.350 e. The van der Waals surface area contributed by atoms with Crippen LogP contribution in [0.3, 0.4) is 0 Å². The van der Waals surface area contributed by atoms with Crippen LogP contribution in [-0.2, 0) is 16.1 Å². The molecule has 126 valence electrons. The zero-order valence-electron chi connectivity index (χ0n) is 12.9. The Morgan fingerprint density at radius 2 is 1.79 bits per heavy atom. The third-order valence-electron chi connectivity index (χ3n) is 3.28. The predicted octanol–water partition coefficient (Wildman–Crippen LogP) is 3.80. The number of hydrogen-bond donors (Lipinski definition) is 1. The molecule has 2 aromatic rings. The molecule has 0 saturated carbocycles. The van der Waals surface area contributed by atoms with Gasteiger partial charge in [-0.1, -0.05) is 35.3 Å². The molecule has 2 aromatic carbocycles. The molecule has 0 bridgehead atoms. The van der Waals surface area contributed by atoms with Crippen molar-refractivity contribution in [3.63, 3.8) is 0 Å². The second-order valence-corrected chi connectivity index (χ2v) is 5.95. The average molecular weight is 369 g/mol. The number of hydrogen-bond acceptors (Lipinski definition) is 2. The number of carbonyl (C=O) groups is 2. The summed E-state index contributed by atoms with van der Waals surface area (Å²) in [4.78, 5) is 25.2. The summed E-state index contributed by atoms with van der Waals surface area (Å²) in [6, 6.07) is 10.5. The van der Waals surface area contributed by atoms with E-state index < -0.39 is 0 Å². The molecule has 4 nitrogen and oxygen atoms in total. The number of carbonyl (C=O) groups excluding carboxylic acids is 2. The van der Waals surface area contributed by atoms with Gasteiger partial charge in [-0.15, -0.1) is 0 Å². The Kier molecular flexibility index (Phi) is 6.17. The van der Waals surface area contributed by atoms with Crippen molar-refractivity contribution in [2.75, 3.05) is 11.4 Å². The van der Waals surface area contributed by atoms with E-state index in [2.05, 4.69) is 5.32 Å². The smallest absolute Gasteiger partial charge is 0.240 e. The van der Waals surface area contributed by atoms with Crippen LogP contribution in [0.25, 0.3) is 0 Å². The summed E-state index contributed by atoms with van der Waals surface area (Å²) in [6.45, 7) is 1.37. The van der Waals surface area contributed by atoms with Gasteiger partial charge in [-0.3, -0.25) is 9.59 Å². The Bertz CT molecular complexity index is 751. The quantitative estimate of drug-likeness (QED) is 0.872. The summed E-state index contributed by atoms with van der Waals surface area (Å²) in [5.74, 6) is -1.05. The van der Waals surface area contributed by atoms with Gasteiger partial charge in [-0.25, -0.2) is 4.39 Å². The highest BCUT2D eigenvalue weighted by molar-refractivity contribution is 6.35. The Balaban J connectivity index is 2.04. The number of anilines is 1. The highest BCUT2D eigenvalue weighted by atomic mass is 35.5. The second-order valence-electron chi connectivity index (χ2n) is 5.10. The molecule has 0 aliphatic carbocycles. The minimum absolute atomic E-state index is 0.198. The standard InChI is InChI=1S/C17H15Cl2FN2O2/c1-11(23)22(16-8-13(18)4-7-15(16)19)10-17(24)21-9-12-2-5-14(20)6-3-12/h2-8H,9-10H2,1H3,(H,21,24). The molecule has 0 heterocycles. The lowest BCUT2D eigenvalue weighted by molar-refractivity contribution is -0.123. The van der Waals surface area contributed by atoms with E-state index in [1.165, 1.54) is 30.0 Å². The third kappa shape index (κ3) is 4.94. The molecule has 24 heavy (non-hydrogen) atoms. The number of nitrogens with one attached hydrogen (secondary N) is 1. The maximum absolute atomic E-state index is 12.8. The van der Waals surface area contributed by atoms with Gasteiger partial charge < -0.3 is 10.2 Å². The minimum Gasteiger partial charge on any atom is -0.350 e. The van der Waals surface area contributed by atoms with Crippen molar-refractivity contribution in [1.29, 1.82) is 0 Å². The van der Waals surface area contributed by atoms with E-state index in [9.17, 15) is 14.0 Å². The first-order valence-electron chi connectivity index (χ1n) is 7.11. The van der Waals surface area contributed by atoms with Crippen molar-refractivity contribution < 1.29 is 14.0 Å². The molecule has 0 atom stereocenters. The molecule has 0 unspecified atom stereocenters. The molecule has 0 aliphatic heterocycles. The van der Waals surface area contributed by atoms with Crippen molar-refractivity contribution in [3.8, 4) is 0 Å². The van der Waals surface area contributed by atoms with Crippen LogP contribution in [0.15, 0.2) is 42.5 Å². The van der Waals surface area contributed by atoms with Crippen molar-refractivity contribution in [2.24, 2.45) is 0 Å². The first-order chi connectivity index (χ1) is 11.4. The molecule has 2 rings (SSSR count). The summed E-state index contributed by atoms with van der Waals surface area (Å²) in [7, 11) is 0. The van der Waals surface area contributed by atoms with Gasteiger partial charge in [-0.2, -0.15) is 0 Å². The number of halogens is 3. The zero-order chi connectivity index (χ0) is 17.7. The first kappa shape index (κ1) is 18.2. The zero-order valence-corrected chi connectivity index (χ0v) is 14.4.